The SMILES string of the molecule is O=C(C1CCCCS1)N1CCN(c2ncccn2)CC1. The van der Waals surface area contributed by atoms with Crippen LogP contribution in [0.1, 0.15) is 19.3 Å². The summed E-state index contributed by atoms with van der Waals surface area (Å²) in [6.45, 7) is 3.22. The maximum Gasteiger partial charge on any atom is 0.235 e. The summed E-state index contributed by atoms with van der Waals surface area (Å²) in [5.74, 6) is 2.24. The Morgan fingerprint density at radius 2 is 1.90 bits per heavy atom. The molecule has 1 aromatic rings. The fourth-order valence-electron chi connectivity index (χ4n) is 2.72. The zero-order valence-electron chi connectivity index (χ0n) is 11.6. The summed E-state index contributed by atoms with van der Waals surface area (Å²) in [6, 6.07) is 1.82. The molecule has 2 aliphatic heterocycles. The number of carbonyl (C=O) groups excluding carboxylic acids is 1. The monoisotopic (exact) mass is 292 g/mol. The van der Waals surface area contributed by atoms with Gasteiger partial charge in [0, 0.05) is 38.6 Å². The van der Waals surface area contributed by atoms with Crippen molar-refractivity contribution in [1.29, 1.82) is 0 Å². The van der Waals surface area contributed by atoms with Gasteiger partial charge in [-0.3, -0.25) is 4.79 Å². The third-order valence-electron chi connectivity index (χ3n) is 3.88. The Morgan fingerprint density at radius 3 is 2.55 bits per heavy atom. The topological polar surface area (TPSA) is 49.3 Å². The van der Waals surface area contributed by atoms with Crippen molar-refractivity contribution in [2.45, 2.75) is 24.5 Å². The minimum atomic E-state index is 0.197. The van der Waals surface area contributed by atoms with Crippen molar-refractivity contribution < 1.29 is 4.79 Å². The molecule has 108 valence electrons. The van der Waals surface area contributed by atoms with E-state index in [1.807, 2.05) is 22.7 Å². The molecule has 2 fully saturated rings. The van der Waals surface area contributed by atoms with E-state index in [4.69, 9.17) is 0 Å². The van der Waals surface area contributed by atoms with Gasteiger partial charge in [-0.15, -0.1) is 11.8 Å². The van der Waals surface area contributed by atoms with Crippen LogP contribution >= 0.6 is 11.8 Å². The molecule has 1 aromatic heterocycles. The second kappa shape index (κ2) is 6.43. The molecular formula is C14H20N4OS. The number of hydrogen-bond acceptors (Lipinski definition) is 5. The molecule has 3 rings (SSSR count). The van der Waals surface area contributed by atoms with E-state index in [0.29, 0.717) is 5.91 Å². The summed E-state index contributed by atoms with van der Waals surface area (Å²) in [4.78, 5) is 25.2. The molecule has 20 heavy (non-hydrogen) atoms. The fraction of sp³-hybridized carbons (Fsp3) is 0.643. The minimum absolute atomic E-state index is 0.197. The molecule has 1 unspecified atom stereocenters. The Bertz CT molecular complexity index is 442. The van der Waals surface area contributed by atoms with Crippen molar-refractivity contribution in [1.82, 2.24) is 14.9 Å². The van der Waals surface area contributed by atoms with Crippen molar-refractivity contribution in [3.05, 3.63) is 18.5 Å². The van der Waals surface area contributed by atoms with E-state index in [1.165, 1.54) is 12.8 Å². The first-order chi connectivity index (χ1) is 9.84. The van der Waals surface area contributed by atoms with Gasteiger partial charge < -0.3 is 9.80 Å². The highest BCUT2D eigenvalue weighted by molar-refractivity contribution is 8.00. The lowest BCUT2D eigenvalue weighted by molar-refractivity contribution is -0.131. The first-order valence-electron chi connectivity index (χ1n) is 7.27. The Labute approximate surface area is 123 Å². The molecule has 6 heteroatoms. The quantitative estimate of drug-likeness (QED) is 0.825. The summed E-state index contributed by atoms with van der Waals surface area (Å²) >= 11 is 1.83. The van der Waals surface area contributed by atoms with E-state index in [1.54, 1.807) is 12.4 Å². The van der Waals surface area contributed by atoms with Crippen LogP contribution in [-0.2, 0) is 4.79 Å². The van der Waals surface area contributed by atoms with Crippen LogP contribution in [0.4, 0.5) is 5.95 Å². The number of carbonyl (C=O) groups is 1. The summed E-state index contributed by atoms with van der Waals surface area (Å²) in [6.07, 6.45) is 7.03. The maximum atomic E-state index is 12.5. The van der Waals surface area contributed by atoms with Crippen LogP contribution in [0.15, 0.2) is 18.5 Å². The molecule has 0 N–H and O–H groups in total. The Hall–Kier alpha value is -1.30. The molecule has 0 bridgehead atoms. The van der Waals surface area contributed by atoms with Gasteiger partial charge in [0.25, 0.3) is 0 Å². The average Bonchev–Trinajstić information content (AvgIpc) is 2.56. The van der Waals surface area contributed by atoms with Crippen LogP contribution in [0.2, 0.25) is 0 Å². The summed E-state index contributed by atoms with van der Waals surface area (Å²) in [7, 11) is 0. The molecule has 0 spiro atoms. The summed E-state index contributed by atoms with van der Waals surface area (Å²) in [5, 5.41) is 0.197. The highest BCUT2D eigenvalue weighted by Crippen LogP contribution is 2.27. The van der Waals surface area contributed by atoms with Crippen LogP contribution in [0.25, 0.3) is 0 Å². The van der Waals surface area contributed by atoms with Crippen LogP contribution in [-0.4, -0.2) is 58.0 Å². The number of thioether (sulfide) groups is 1. The highest BCUT2D eigenvalue weighted by atomic mass is 32.2. The van der Waals surface area contributed by atoms with Gasteiger partial charge in [0.15, 0.2) is 0 Å². The van der Waals surface area contributed by atoms with E-state index < -0.39 is 0 Å². The fourth-order valence-corrected chi connectivity index (χ4v) is 4.00. The molecule has 1 atom stereocenters. The standard InChI is InChI=1S/C14H20N4OS/c19-13(12-4-1-2-11-20-12)17-7-9-18(10-8-17)14-15-5-3-6-16-14/h3,5-6,12H,1-2,4,7-11H2. The van der Waals surface area contributed by atoms with Crippen molar-refractivity contribution in [3.8, 4) is 0 Å². The molecular weight excluding hydrogens is 272 g/mol. The molecule has 2 saturated heterocycles. The lowest BCUT2D eigenvalue weighted by Gasteiger charge is -2.36. The average molecular weight is 292 g/mol. The predicted molar refractivity (Wildman–Crippen MR) is 80.9 cm³/mol. The highest BCUT2D eigenvalue weighted by Gasteiger charge is 2.29. The molecule has 1 amide bonds. The van der Waals surface area contributed by atoms with Gasteiger partial charge in [-0.25, -0.2) is 9.97 Å². The predicted octanol–water partition coefficient (Wildman–Crippen LogP) is 1.41. The van der Waals surface area contributed by atoms with Crippen LogP contribution in [0.3, 0.4) is 0 Å². The Kier molecular flexibility index (Phi) is 4.40. The number of piperazine rings is 1. The number of amides is 1. The molecule has 2 aliphatic rings. The summed E-state index contributed by atoms with van der Waals surface area (Å²) < 4.78 is 0. The molecule has 0 aromatic carbocycles. The second-order valence-electron chi connectivity index (χ2n) is 5.22. The smallest absolute Gasteiger partial charge is 0.235 e. The van der Waals surface area contributed by atoms with Crippen molar-refractivity contribution in [3.63, 3.8) is 0 Å². The zero-order chi connectivity index (χ0) is 13.8. The van der Waals surface area contributed by atoms with Gasteiger partial charge in [0.2, 0.25) is 11.9 Å². The zero-order valence-corrected chi connectivity index (χ0v) is 12.4. The molecule has 3 heterocycles. The van der Waals surface area contributed by atoms with Gasteiger partial charge in [-0.05, 0) is 24.7 Å². The van der Waals surface area contributed by atoms with Gasteiger partial charge in [0.05, 0.1) is 5.25 Å². The first kappa shape index (κ1) is 13.7. The van der Waals surface area contributed by atoms with Crippen LogP contribution in [0, 0.1) is 0 Å². The number of hydrogen-bond donors (Lipinski definition) is 0. The minimum Gasteiger partial charge on any atom is -0.338 e. The van der Waals surface area contributed by atoms with Gasteiger partial charge in [-0.2, -0.15) is 0 Å². The van der Waals surface area contributed by atoms with E-state index in [0.717, 1.165) is 44.3 Å². The number of nitrogens with zero attached hydrogens (tertiary/aromatic N) is 4. The molecule has 0 aliphatic carbocycles. The van der Waals surface area contributed by atoms with Gasteiger partial charge in [-0.1, -0.05) is 6.42 Å². The molecule has 0 saturated carbocycles. The number of anilines is 1. The number of rotatable bonds is 2. The Morgan fingerprint density at radius 1 is 1.15 bits per heavy atom. The number of aromatic nitrogens is 2. The first-order valence-corrected chi connectivity index (χ1v) is 8.32. The molecule has 0 radical (unpaired) electrons. The maximum absolute atomic E-state index is 12.5. The lowest BCUT2D eigenvalue weighted by atomic mass is 10.1. The summed E-state index contributed by atoms with van der Waals surface area (Å²) in [5.41, 5.74) is 0. The van der Waals surface area contributed by atoms with E-state index in [9.17, 15) is 4.79 Å². The third kappa shape index (κ3) is 3.06. The Balaban J connectivity index is 1.54. The largest absolute Gasteiger partial charge is 0.338 e. The van der Waals surface area contributed by atoms with E-state index in [2.05, 4.69) is 14.9 Å². The van der Waals surface area contributed by atoms with E-state index >= 15 is 0 Å². The van der Waals surface area contributed by atoms with Crippen molar-refractivity contribution in [2.75, 3.05) is 36.8 Å². The normalized spacial score (nSPS) is 23.7. The van der Waals surface area contributed by atoms with Crippen LogP contribution in [0.5, 0.6) is 0 Å². The van der Waals surface area contributed by atoms with Gasteiger partial charge in [0.1, 0.15) is 0 Å². The third-order valence-corrected chi connectivity index (χ3v) is 5.25. The van der Waals surface area contributed by atoms with Crippen LogP contribution < -0.4 is 4.90 Å². The second-order valence-corrected chi connectivity index (χ2v) is 6.53. The van der Waals surface area contributed by atoms with Crippen molar-refractivity contribution in [2.24, 2.45) is 0 Å². The van der Waals surface area contributed by atoms with Gasteiger partial charge >= 0.3 is 0 Å². The van der Waals surface area contributed by atoms with E-state index in [-0.39, 0.29) is 5.25 Å². The molecule has 5 nitrogen and oxygen atoms in total. The lowest BCUT2D eigenvalue weighted by Crippen LogP contribution is -2.51. The van der Waals surface area contributed by atoms with Crippen molar-refractivity contribution >= 4 is 23.6 Å².